The molecule has 0 unspecified atom stereocenters. The van der Waals surface area contributed by atoms with Crippen LogP contribution < -0.4 is 0 Å². The summed E-state index contributed by atoms with van der Waals surface area (Å²) in [5.74, 6) is -0.0465. The van der Waals surface area contributed by atoms with Crippen LogP contribution in [0.2, 0.25) is 0 Å². The van der Waals surface area contributed by atoms with Crippen LogP contribution in [0.3, 0.4) is 0 Å². The van der Waals surface area contributed by atoms with E-state index < -0.39 is 22.0 Å². The molecular formula is C33H48N2O3. The lowest BCUT2D eigenvalue weighted by Crippen LogP contribution is -2.67. The molecule has 2 aliphatic heterocycles. The summed E-state index contributed by atoms with van der Waals surface area (Å²) in [5, 5.41) is 0. The summed E-state index contributed by atoms with van der Waals surface area (Å²) < 4.78 is 0. The van der Waals surface area contributed by atoms with Crippen molar-refractivity contribution in [2.45, 2.75) is 134 Å². The molecule has 5 nitrogen and oxygen atoms in total. The molecule has 0 bridgehead atoms. The monoisotopic (exact) mass is 520 g/mol. The molecule has 1 aromatic rings. The number of hydrogen-bond donors (Lipinski definition) is 0. The minimum absolute atomic E-state index is 0.0229. The maximum absolute atomic E-state index is 15.0. The Morgan fingerprint density at radius 3 is 1.76 bits per heavy atom. The van der Waals surface area contributed by atoms with Crippen molar-refractivity contribution >= 4 is 17.6 Å². The molecule has 1 saturated carbocycles. The van der Waals surface area contributed by atoms with Gasteiger partial charge in [-0.3, -0.25) is 14.4 Å². The van der Waals surface area contributed by atoms with Crippen LogP contribution in [0, 0.1) is 5.41 Å². The number of likely N-dealkylation sites (tertiary alicyclic amines) is 2. The van der Waals surface area contributed by atoms with Gasteiger partial charge in [0.1, 0.15) is 11.0 Å². The minimum Gasteiger partial charge on any atom is -0.329 e. The molecule has 3 fully saturated rings. The second kappa shape index (κ2) is 11.0. The van der Waals surface area contributed by atoms with Gasteiger partial charge in [0.05, 0.1) is 0 Å². The number of ketones is 1. The minimum atomic E-state index is -1.11. The zero-order valence-corrected chi connectivity index (χ0v) is 24.2. The van der Waals surface area contributed by atoms with Gasteiger partial charge in [0.2, 0.25) is 11.8 Å². The van der Waals surface area contributed by atoms with E-state index in [9.17, 15) is 9.59 Å². The van der Waals surface area contributed by atoms with Crippen molar-refractivity contribution in [2.75, 3.05) is 0 Å². The first kappa shape index (κ1) is 28.6. The normalized spacial score (nSPS) is 25.2. The van der Waals surface area contributed by atoms with Crippen molar-refractivity contribution < 1.29 is 14.4 Å². The fraction of sp³-hybridized carbons (Fsp3) is 0.667. The van der Waals surface area contributed by atoms with Crippen molar-refractivity contribution in [1.29, 1.82) is 0 Å². The zero-order chi connectivity index (χ0) is 27.6. The molecule has 0 N–H and O–H groups in total. The van der Waals surface area contributed by atoms with Gasteiger partial charge in [-0.1, -0.05) is 94.7 Å². The molecule has 5 heteroatoms. The lowest BCUT2D eigenvalue weighted by Gasteiger charge is -2.57. The Kier molecular flexibility index (Phi) is 8.26. The summed E-state index contributed by atoms with van der Waals surface area (Å²) >= 11 is 0. The number of Topliss-reactive ketones (excluding diaryl/α,β-unsaturated/α-hetero) is 1. The molecule has 4 rings (SSSR count). The molecule has 0 aromatic heterocycles. The van der Waals surface area contributed by atoms with Gasteiger partial charge < -0.3 is 9.80 Å². The molecule has 2 amide bonds. The van der Waals surface area contributed by atoms with E-state index in [0.717, 1.165) is 44.1 Å². The van der Waals surface area contributed by atoms with Gasteiger partial charge >= 0.3 is 0 Å². The van der Waals surface area contributed by atoms with Crippen molar-refractivity contribution in [1.82, 2.24) is 9.80 Å². The van der Waals surface area contributed by atoms with Crippen molar-refractivity contribution in [3.05, 3.63) is 48.6 Å². The number of nitrogens with zero attached hydrogens (tertiary/aromatic N) is 2. The van der Waals surface area contributed by atoms with Crippen LogP contribution in [0.1, 0.15) is 117 Å². The summed E-state index contributed by atoms with van der Waals surface area (Å²) in [6.45, 7) is 12.2. The van der Waals surface area contributed by atoms with Gasteiger partial charge in [0.25, 0.3) is 0 Å². The van der Waals surface area contributed by atoms with Crippen LogP contribution in [-0.4, -0.2) is 44.0 Å². The van der Waals surface area contributed by atoms with Gasteiger partial charge in [-0.2, -0.15) is 0 Å². The van der Waals surface area contributed by atoms with E-state index in [2.05, 4.69) is 18.7 Å². The SMILES string of the molecule is C=CC(=O)N1C(C)(C)CC2(CC1(C)C)C(=O)N(Cc1ccccc1)C1(CCCCCCCCCCC1)C2=O. The molecule has 38 heavy (non-hydrogen) atoms. The molecule has 3 aliphatic rings. The summed E-state index contributed by atoms with van der Waals surface area (Å²) in [6.07, 6.45) is 13.9. The third-order valence-corrected chi connectivity index (χ3v) is 9.47. The number of carbonyl (C=O) groups excluding carboxylic acids is 3. The predicted molar refractivity (Wildman–Crippen MR) is 152 cm³/mol. The number of carbonyl (C=O) groups is 3. The maximum Gasteiger partial charge on any atom is 0.246 e. The van der Waals surface area contributed by atoms with Crippen LogP contribution in [0.15, 0.2) is 43.0 Å². The zero-order valence-electron chi connectivity index (χ0n) is 24.2. The first-order valence-electron chi connectivity index (χ1n) is 14.9. The van der Waals surface area contributed by atoms with Gasteiger partial charge in [0.15, 0.2) is 5.78 Å². The Labute approximate surface area is 230 Å². The Balaban J connectivity index is 1.80. The standard InChI is InChI=1S/C33H48N2O3/c1-6-27(36)35-30(2,3)24-32(25-31(35,4)5)28(37)33(21-17-12-10-8-7-9-11-13-18-22-33)34(29(32)38)23-26-19-15-14-16-20-26/h6,14-16,19-20H,1,7-13,17-18,21-25H2,2-5H3. The number of piperidine rings is 1. The van der Waals surface area contributed by atoms with Gasteiger partial charge in [-0.05, 0) is 65.0 Å². The van der Waals surface area contributed by atoms with Crippen LogP contribution in [-0.2, 0) is 20.9 Å². The molecule has 1 aromatic carbocycles. The first-order chi connectivity index (χ1) is 18.0. The van der Waals surface area contributed by atoms with Crippen LogP contribution in [0.4, 0.5) is 0 Å². The second-order valence-electron chi connectivity index (χ2n) is 13.4. The topological polar surface area (TPSA) is 57.7 Å². The van der Waals surface area contributed by atoms with E-state index in [0.29, 0.717) is 19.4 Å². The smallest absolute Gasteiger partial charge is 0.246 e. The average Bonchev–Trinajstić information content (AvgIpc) is 2.99. The molecule has 1 aliphatic carbocycles. The Bertz CT molecular complexity index is 1010. The highest BCUT2D eigenvalue weighted by atomic mass is 16.2. The fourth-order valence-electron chi connectivity index (χ4n) is 8.32. The highest BCUT2D eigenvalue weighted by molar-refractivity contribution is 6.17. The molecule has 2 spiro atoms. The van der Waals surface area contributed by atoms with Crippen molar-refractivity contribution in [2.24, 2.45) is 5.41 Å². The van der Waals surface area contributed by atoms with Gasteiger partial charge in [-0.25, -0.2) is 0 Å². The lowest BCUT2D eigenvalue weighted by molar-refractivity contribution is -0.164. The molecular weight excluding hydrogens is 472 g/mol. The first-order valence-corrected chi connectivity index (χ1v) is 14.9. The van der Waals surface area contributed by atoms with Crippen LogP contribution >= 0.6 is 0 Å². The molecule has 0 radical (unpaired) electrons. The molecule has 2 saturated heterocycles. The van der Waals surface area contributed by atoms with Crippen LogP contribution in [0.5, 0.6) is 0 Å². The lowest BCUT2D eigenvalue weighted by atomic mass is 9.60. The predicted octanol–water partition coefficient (Wildman–Crippen LogP) is 6.99. The number of amides is 2. The highest BCUT2D eigenvalue weighted by Gasteiger charge is 2.70. The third kappa shape index (κ3) is 5.10. The number of benzene rings is 1. The van der Waals surface area contributed by atoms with E-state index in [1.807, 2.05) is 55.7 Å². The van der Waals surface area contributed by atoms with Crippen molar-refractivity contribution in [3.63, 3.8) is 0 Å². The van der Waals surface area contributed by atoms with Crippen LogP contribution in [0.25, 0.3) is 0 Å². The highest BCUT2D eigenvalue weighted by Crippen LogP contribution is 2.57. The van der Waals surface area contributed by atoms with E-state index in [1.54, 1.807) is 0 Å². The fourth-order valence-corrected chi connectivity index (χ4v) is 8.32. The Hall–Kier alpha value is -2.43. The second-order valence-corrected chi connectivity index (χ2v) is 13.4. The molecule has 0 atom stereocenters. The summed E-state index contributed by atoms with van der Waals surface area (Å²) in [4.78, 5) is 46.6. The van der Waals surface area contributed by atoms with Gasteiger partial charge in [-0.15, -0.1) is 0 Å². The summed E-state index contributed by atoms with van der Waals surface area (Å²) in [7, 11) is 0. The quantitative estimate of drug-likeness (QED) is 0.319. The van der Waals surface area contributed by atoms with E-state index in [4.69, 9.17) is 0 Å². The average molecular weight is 521 g/mol. The molecule has 2 heterocycles. The maximum atomic E-state index is 15.0. The van der Waals surface area contributed by atoms with E-state index in [1.165, 1.54) is 38.2 Å². The largest absolute Gasteiger partial charge is 0.329 e. The molecule has 208 valence electrons. The van der Waals surface area contributed by atoms with Crippen molar-refractivity contribution in [3.8, 4) is 0 Å². The number of rotatable bonds is 3. The van der Waals surface area contributed by atoms with E-state index in [-0.39, 0.29) is 17.6 Å². The Morgan fingerprint density at radius 2 is 1.29 bits per heavy atom. The summed E-state index contributed by atoms with van der Waals surface area (Å²) in [6, 6.07) is 10.1. The van der Waals surface area contributed by atoms with E-state index >= 15 is 4.79 Å². The Morgan fingerprint density at radius 1 is 0.816 bits per heavy atom. The van der Waals surface area contributed by atoms with Gasteiger partial charge in [0, 0.05) is 17.6 Å². The summed E-state index contributed by atoms with van der Waals surface area (Å²) in [5.41, 5.74) is -2.14. The number of hydrogen-bond acceptors (Lipinski definition) is 3. The third-order valence-electron chi connectivity index (χ3n) is 9.47.